The van der Waals surface area contributed by atoms with Crippen molar-refractivity contribution < 1.29 is 4.79 Å². The molecular formula is C20H24O. The molecule has 0 N–H and O–H groups in total. The average Bonchev–Trinajstić information content (AvgIpc) is 2.83. The number of fused-ring (bicyclic) bond motifs is 4. The van der Waals surface area contributed by atoms with Gasteiger partial charge in [-0.1, -0.05) is 37.3 Å². The Balaban J connectivity index is 1.70. The first-order valence-electron chi connectivity index (χ1n) is 8.39. The summed E-state index contributed by atoms with van der Waals surface area (Å²) in [6.45, 7) is 6.47. The van der Waals surface area contributed by atoms with Crippen LogP contribution < -0.4 is 0 Å². The molecule has 0 aromatic carbocycles. The number of carbonyl (C=O) groups excluding carboxylic acids is 1. The van der Waals surface area contributed by atoms with Crippen LogP contribution in [0.2, 0.25) is 0 Å². The van der Waals surface area contributed by atoms with E-state index in [4.69, 9.17) is 0 Å². The standard InChI is InChI=1S/C20H24O/c1-3-14-5-9-19-18-7-4-13-12-15(21)6-8-16(13)17(18)10-11-20(14,19)2/h3-5,18-19H,1,6-12H2,2H3. The third-order valence-corrected chi connectivity index (χ3v) is 6.57. The Morgan fingerprint density at radius 2 is 2.10 bits per heavy atom. The molecule has 4 aliphatic rings. The zero-order chi connectivity index (χ0) is 14.6. The van der Waals surface area contributed by atoms with Crippen LogP contribution in [0.3, 0.4) is 0 Å². The van der Waals surface area contributed by atoms with Crippen LogP contribution in [-0.2, 0) is 4.79 Å². The summed E-state index contributed by atoms with van der Waals surface area (Å²) < 4.78 is 0. The molecule has 0 aliphatic heterocycles. The Labute approximate surface area is 127 Å². The quantitative estimate of drug-likeness (QED) is 0.666. The first-order valence-corrected chi connectivity index (χ1v) is 8.39. The van der Waals surface area contributed by atoms with E-state index in [1.807, 2.05) is 0 Å². The average molecular weight is 280 g/mol. The van der Waals surface area contributed by atoms with E-state index in [1.165, 1.54) is 30.4 Å². The smallest absolute Gasteiger partial charge is 0.137 e. The molecule has 0 heterocycles. The van der Waals surface area contributed by atoms with Gasteiger partial charge in [-0.3, -0.25) is 4.79 Å². The van der Waals surface area contributed by atoms with Gasteiger partial charge in [-0.15, -0.1) is 0 Å². The van der Waals surface area contributed by atoms with Crippen LogP contribution in [0.4, 0.5) is 0 Å². The van der Waals surface area contributed by atoms with Crippen molar-refractivity contribution in [1.82, 2.24) is 0 Å². The van der Waals surface area contributed by atoms with Crippen molar-refractivity contribution in [2.24, 2.45) is 17.3 Å². The molecular weight excluding hydrogens is 256 g/mol. The van der Waals surface area contributed by atoms with Crippen LogP contribution in [0, 0.1) is 17.3 Å². The lowest BCUT2D eigenvalue weighted by Gasteiger charge is -2.47. The molecule has 21 heavy (non-hydrogen) atoms. The van der Waals surface area contributed by atoms with Crippen LogP contribution in [-0.4, -0.2) is 5.78 Å². The molecule has 1 nitrogen and oxygen atoms in total. The second kappa shape index (κ2) is 4.56. The van der Waals surface area contributed by atoms with E-state index in [9.17, 15) is 4.79 Å². The maximum Gasteiger partial charge on any atom is 0.137 e. The van der Waals surface area contributed by atoms with Crippen LogP contribution in [0.25, 0.3) is 0 Å². The van der Waals surface area contributed by atoms with E-state index in [0.717, 1.165) is 25.2 Å². The zero-order valence-electron chi connectivity index (χ0n) is 13.0. The predicted molar refractivity (Wildman–Crippen MR) is 85.8 cm³/mol. The number of ketones is 1. The Morgan fingerprint density at radius 1 is 1.24 bits per heavy atom. The highest BCUT2D eigenvalue weighted by molar-refractivity contribution is 5.84. The molecule has 2 saturated carbocycles. The molecule has 0 amide bonds. The third kappa shape index (κ3) is 1.79. The van der Waals surface area contributed by atoms with Gasteiger partial charge in [0.1, 0.15) is 5.78 Å². The maximum atomic E-state index is 11.7. The minimum Gasteiger partial charge on any atom is -0.299 e. The number of carbonyl (C=O) groups is 1. The summed E-state index contributed by atoms with van der Waals surface area (Å²) in [5.41, 5.74) is 6.47. The van der Waals surface area contributed by atoms with Crippen LogP contribution in [0.5, 0.6) is 0 Å². The van der Waals surface area contributed by atoms with E-state index in [-0.39, 0.29) is 0 Å². The lowest BCUT2D eigenvalue weighted by atomic mass is 9.57. The van der Waals surface area contributed by atoms with Gasteiger partial charge in [-0.2, -0.15) is 0 Å². The van der Waals surface area contributed by atoms with E-state index < -0.39 is 0 Å². The molecule has 3 unspecified atom stereocenters. The van der Waals surface area contributed by atoms with Crippen molar-refractivity contribution in [3.8, 4) is 0 Å². The zero-order valence-corrected chi connectivity index (χ0v) is 13.0. The van der Waals surface area contributed by atoms with Crippen molar-refractivity contribution in [2.75, 3.05) is 0 Å². The number of hydrogen-bond acceptors (Lipinski definition) is 1. The highest BCUT2D eigenvalue weighted by Crippen LogP contribution is 2.59. The molecule has 1 heteroatoms. The van der Waals surface area contributed by atoms with Gasteiger partial charge in [0.15, 0.2) is 0 Å². The summed E-state index contributed by atoms with van der Waals surface area (Å²) in [5, 5.41) is 0. The minimum absolute atomic E-state index is 0.340. The maximum absolute atomic E-state index is 11.7. The monoisotopic (exact) mass is 280 g/mol. The SMILES string of the molecule is C=CC1=CCC2C3CC=C4CC(=O)CCC4=C3CCC12C. The van der Waals surface area contributed by atoms with Crippen molar-refractivity contribution in [3.63, 3.8) is 0 Å². The number of rotatable bonds is 1. The van der Waals surface area contributed by atoms with Crippen molar-refractivity contribution >= 4 is 5.78 Å². The highest BCUT2D eigenvalue weighted by atomic mass is 16.1. The van der Waals surface area contributed by atoms with Crippen LogP contribution in [0.15, 0.2) is 47.1 Å². The molecule has 3 atom stereocenters. The normalized spacial score (nSPS) is 38.2. The summed E-state index contributed by atoms with van der Waals surface area (Å²) in [6.07, 6.45) is 14.2. The molecule has 2 fully saturated rings. The number of hydrogen-bond donors (Lipinski definition) is 0. The van der Waals surface area contributed by atoms with E-state index in [1.54, 1.807) is 11.1 Å². The largest absolute Gasteiger partial charge is 0.299 e. The second-order valence-electron chi connectivity index (χ2n) is 7.41. The van der Waals surface area contributed by atoms with Gasteiger partial charge >= 0.3 is 0 Å². The predicted octanol–water partition coefficient (Wildman–Crippen LogP) is 4.91. The first-order chi connectivity index (χ1) is 10.1. The molecule has 0 bridgehead atoms. The van der Waals surface area contributed by atoms with Gasteiger partial charge in [0.2, 0.25) is 0 Å². The fourth-order valence-corrected chi connectivity index (χ4v) is 5.38. The van der Waals surface area contributed by atoms with Gasteiger partial charge in [-0.25, -0.2) is 0 Å². The van der Waals surface area contributed by atoms with Crippen LogP contribution in [0.1, 0.15) is 51.9 Å². The molecule has 4 rings (SSSR count). The third-order valence-electron chi connectivity index (χ3n) is 6.57. The summed E-state index contributed by atoms with van der Waals surface area (Å²) in [7, 11) is 0. The second-order valence-corrected chi connectivity index (χ2v) is 7.41. The number of allylic oxidation sites excluding steroid dienone is 7. The van der Waals surface area contributed by atoms with E-state index in [2.05, 4.69) is 31.7 Å². The molecule has 0 spiro atoms. The Kier molecular flexibility index (Phi) is 2.89. The molecule has 0 aromatic rings. The van der Waals surface area contributed by atoms with Crippen LogP contribution >= 0.6 is 0 Å². The van der Waals surface area contributed by atoms with Crippen molar-refractivity contribution in [1.29, 1.82) is 0 Å². The van der Waals surface area contributed by atoms with Crippen molar-refractivity contribution in [3.05, 3.63) is 47.1 Å². The lowest BCUT2D eigenvalue weighted by Crippen LogP contribution is -2.38. The first kappa shape index (κ1) is 13.3. The summed E-state index contributed by atoms with van der Waals surface area (Å²) in [6, 6.07) is 0. The summed E-state index contributed by atoms with van der Waals surface area (Å²) in [5.74, 6) is 1.89. The molecule has 0 saturated heterocycles. The topological polar surface area (TPSA) is 17.1 Å². The Bertz CT molecular complexity index is 616. The Morgan fingerprint density at radius 3 is 2.90 bits per heavy atom. The summed E-state index contributed by atoms with van der Waals surface area (Å²) >= 11 is 0. The van der Waals surface area contributed by atoms with Crippen molar-refractivity contribution in [2.45, 2.75) is 51.9 Å². The molecule has 0 aromatic heterocycles. The Hall–Kier alpha value is -1.37. The fraction of sp³-hybridized carbons (Fsp3) is 0.550. The summed E-state index contributed by atoms with van der Waals surface area (Å²) in [4.78, 5) is 11.7. The van der Waals surface area contributed by atoms with E-state index >= 15 is 0 Å². The van der Waals surface area contributed by atoms with Gasteiger partial charge in [0, 0.05) is 12.8 Å². The van der Waals surface area contributed by atoms with Gasteiger partial charge < -0.3 is 0 Å². The van der Waals surface area contributed by atoms with Gasteiger partial charge in [0.25, 0.3) is 0 Å². The molecule has 4 aliphatic carbocycles. The number of Topliss-reactive ketones (excluding diaryl/α,β-unsaturated/α-hetero) is 1. The molecule has 110 valence electrons. The minimum atomic E-state index is 0.340. The van der Waals surface area contributed by atoms with Gasteiger partial charge in [-0.05, 0) is 66.1 Å². The lowest BCUT2D eigenvalue weighted by molar-refractivity contribution is -0.118. The van der Waals surface area contributed by atoms with E-state index in [0.29, 0.717) is 23.5 Å². The molecule has 0 radical (unpaired) electrons. The fourth-order valence-electron chi connectivity index (χ4n) is 5.38. The highest BCUT2D eigenvalue weighted by Gasteiger charge is 2.49. The van der Waals surface area contributed by atoms with Gasteiger partial charge in [0.05, 0.1) is 0 Å².